The number of hydrogen-bond acceptors (Lipinski definition) is 5. The Balaban J connectivity index is 2.02. The Bertz CT molecular complexity index is 1200. The number of nitriles is 1. The maximum Gasteiger partial charge on any atom is 0.199 e. The number of nitrogen functional groups attached to an aromatic ring is 1. The van der Waals surface area contributed by atoms with Crippen LogP contribution in [-0.2, 0) is 0 Å². The molecule has 4 rings (SSSR count). The fourth-order valence-corrected chi connectivity index (χ4v) is 3.09. The van der Waals surface area contributed by atoms with Gasteiger partial charge < -0.3 is 10.7 Å². The summed E-state index contributed by atoms with van der Waals surface area (Å²) in [5, 5.41) is 14.3. The van der Waals surface area contributed by atoms with Crippen molar-refractivity contribution in [1.82, 2.24) is 19.7 Å². The lowest BCUT2D eigenvalue weighted by Gasteiger charge is -2.06. The molecule has 0 fully saturated rings. The molecule has 0 spiro atoms. The van der Waals surface area contributed by atoms with Crippen LogP contribution in [0.3, 0.4) is 0 Å². The van der Waals surface area contributed by atoms with Gasteiger partial charge in [-0.2, -0.15) is 10.4 Å². The maximum atomic E-state index is 9.59. The summed E-state index contributed by atoms with van der Waals surface area (Å²) in [6.45, 7) is 0. The number of nitrogens with two attached hydrogens (primary N) is 1. The topological polar surface area (TPSA) is 96.3 Å². The zero-order valence-corrected chi connectivity index (χ0v) is 14.9. The van der Waals surface area contributed by atoms with Crippen LogP contribution in [0.25, 0.3) is 28.2 Å². The Morgan fingerprint density at radius 2 is 1.70 bits per heavy atom. The van der Waals surface area contributed by atoms with Gasteiger partial charge >= 0.3 is 0 Å². The van der Waals surface area contributed by atoms with Crippen molar-refractivity contribution in [1.29, 1.82) is 5.26 Å². The van der Waals surface area contributed by atoms with Crippen molar-refractivity contribution < 1.29 is 0 Å². The van der Waals surface area contributed by atoms with E-state index in [-0.39, 0.29) is 16.2 Å². The molecule has 0 saturated carbocycles. The van der Waals surface area contributed by atoms with E-state index >= 15 is 0 Å². The normalized spacial score (nSPS) is 10.5. The van der Waals surface area contributed by atoms with Gasteiger partial charge in [-0.1, -0.05) is 48.5 Å². The highest BCUT2D eigenvalue weighted by Crippen LogP contribution is 2.33. The summed E-state index contributed by atoms with van der Waals surface area (Å²) in [4.78, 5) is 6.99. The summed E-state index contributed by atoms with van der Waals surface area (Å²) in [6.07, 6.45) is 1.86. The minimum absolute atomic E-state index is 0.0997. The van der Waals surface area contributed by atoms with Gasteiger partial charge in [-0.25, -0.2) is 9.67 Å². The van der Waals surface area contributed by atoms with Gasteiger partial charge in [0.15, 0.2) is 4.77 Å². The molecule has 0 radical (unpaired) electrons. The van der Waals surface area contributed by atoms with Crippen LogP contribution in [0.1, 0.15) is 5.56 Å². The van der Waals surface area contributed by atoms with Gasteiger partial charge in [-0.15, -0.1) is 0 Å². The summed E-state index contributed by atoms with van der Waals surface area (Å²) in [6, 6.07) is 21.6. The van der Waals surface area contributed by atoms with Crippen LogP contribution >= 0.6 is 12.2 Å². The summed E-state index contributed by atoms with van der Waals surface area (Å²) in [5.41, 5.74) is 9.94. The number of benzene rings is 2. The molecule has 0 aliphatic heterocycles. The number of aromatic nitrogens is 4. The zero-order chi connectivity index (χ0) is 18.8. The lowest BCUT2D eigenvalue weighted by molar-refractivity contribution is 0.884. The van der Waals surface area contributed by atoms with E-state index in [1.165, 1.54) is 0 Å². The summed E-state index contributed by atoms with van der Waals surface area (Å²) in [5.74, 6) is 0.0997. The third kappa shape index (κ3) is 3.10. The van der Waals surface area contributed by atoms with Crippen LogP contribution in [0, 0.1) is 16.1 Å². The maximum absolute atomic E-state index is 9.59. The molecule has 0 atom stereocenters. The Kier molecular flexibility index (Phi) is 4.24. The molecule has 2 aromatic carbocycles. The molecule has 27 heavy (non-hydrogen) atoms. The first-order valence-electron chi connectivity index (χ1n) is 8.18. The van der Waals surface area contributed by atoms with E-state index in [4.69, 9.17) is 23.1 Å². The van der Waals surface area contributed by atoms with Gasteiger partial charge in [-0.05, 0) is 24.4 Å². The Labute approximate surface area is 160 Å². The summed E-state index contributed by atoms with van der Waals surface area (Å²) in [7, 11) is 0. The molecule has 3 N–H and O–H groups in total. The average molecular weight is 370 g/mol. The van der Waals surface area contributed by atoms with Gasteiger partial charge in [0.1, 0.15) is 23.1 Å². The molecule has 0 saturated heterocycles. The largest absolute Gasteiger partial charge is 0.382 e. The first kappa shape index (κ1) is 16.7. The van der Waals surface area contributed by atoms with Crippen LogP contribution in [0.2, 0.25) is 0 Å². The number of aromatic amines is 1. The predicted octanol–water partition coefficient (Wildman–Crippen LogP) is 4.11. The third-order valence-corrected chi connectivity index (χ3v) is 4.32. The standard InChI is InChI=1S/C20H14N6S/c21-11-15-18(23-20(27)24-19(15)22)16-12-26(14-9-5-2-6-10-14)25-17(16)13-7-3-1-4-8-13/h1-10,12H,(H3,22,23,24,27). The molecule has 0 amide bonds. The van der Waals surface area contributed by atoms with Crippen LogP contribution < -0.4 is 5.73 Å². The van der Waals surface area contributed by atoms with Gasteiger partial charge in [0.25, 0.3) is 0 Å². The minimum atomic E-state index is 0.0997. The number of anilines is 1. The van der Waals surface area contributed by atoms with Gasteiger partial charge in [0.05, 0.1) is 11.4 Å². The lowest BCUT2D eigenvalue weighted by Crippen LogP contribution is -2.01. The number of hydrogen-bond donors (Lipinski definition) is 2. The molecule has 0 aliphatic carbocycles. The molecule has 2 aromatic heterocycles. The van der Waals surface area contributed by atoms with Crippen LogP contribution in [-0.4, -0.2) is 19.7 Å². The fraction of sp³-hybridized carbons (Fsp3) is 0. The highest BCUT2D eigenvalue weighted by atomic mass is 32.1. The molecule has 0 aliphatic rings. The van der Waals surface area contributed by atoms with Crippen molar-refractivity contribution in [2.24, 2.45) is 0 Å². The quantitative estimate of drug-likeness (QED) is 0.529. The first-order chi connectivity index (χ1) is 13.2. The first-order valence-corrected chi connectivity index (χ1v) is 8.59. The zero-order valence-electron chi connectivity index (χ0n) is 14.1. The number of nitrogens with zero attached hydrogens (tertiary/aromatic N) is 4. The molecule has 4 aromatic rings. The van der Waals surface area contributed by atoms with Crippen molar-refractivity contribution in [3.8, 4) is 34.3 Å². The highest BCUT2D eigenvalue weighted by molar-refractivity contribution is 7.71. The van der Waals surface area contributed by atoms with E-state index in [2.05, 4.69) is 16.0 Å². The van der Waals surface area contributed by atoms with E-state index in [9.17, 15) is 5.26 Å². The van der Waals surface area contributed by atoms with Crippen LogP contribution in [0.15, 0.2) is 66.9 Å². The van der Waals surface area contributed by atoms with Crippen LogP contribution in [0.4, 0.5) is 5.82 Å². The summed E-state index contributed by atoms with van der Waals surface area (Å²) >= 11 is 5.17. The minimum Gasteiger partial charge on any atom is -0.382 e. The van der Waals surface area contributed by atoms with Gasteiger partial charge in [-0.3, -0.25) is 0 Å². The SMILES string of the molecule is N#Cc1c(N)nc(=S)[nH]c1-c1cn(-c2ccccc2)nc1-c1ccccc1. The predicted molar refractivity (Wildman–Crippen MR) is 107 cm³/mol. The average Bonchev–Trinajstić information content (AvgIpc) is 3.14. The molecule has 6 nitrogen and oxygen atoms in total. The molecule has 130 valence electrons. The number of rotatable bonds is 3. The summed E-state index contributed by atoms with van der Waals surface area (Å²) < 4.78 is 1.99. The molecule has 0 unspecified atom stereocenters. The van der Waals surface area contributed by atoms with E-state index < -0.39 is 0 Å². The molecule has 2 heterocycles. The van der Waals surface area contributed by atoms with Crippen molar-refractivity contribution in [2.45, 2.75) is 0 Å². The third-order valence-electron chi connectivity index (χ3n) is 4.12. The van der Waals surface area contributed by atoms with Gasteiger partial charge in [0, 0.05) is 17.3 Å². The number of nitrogens with one attached hydrogen (secondary N) is 1. The highest BCUT2D eigenvalue weighted by Gasteiger charge is 2.19. The fourth-order valence-electron chi connectivity index (χ4n) is 2.89. The second-order valence-electron chi connectivity index (χ2n) is 5.83. The van der Waals surface area contributed by atoms with E-state index in [1.807, 2.05) is 66.9 Å². The van der Waals surface area contributed by atoms with Crippen LogP contribution in [0.5, 0.6) is 0 Å². The van der Waals surface area contributed by atoms with Crippen molar-refractivity contribution in [3.63, 3.8) is 0 Å². The molecule has 0 bridgehead atoms. The monoisotopic (exact) mass is 370 g/mol. The Morgan fingerprint density at radius 1 is 1.04 bits per heavy atom. The van der Waals surface area contributed by atoms with E-state index in [0.717, 1.165) is 16.8 Å². The van der Waals surface area contributed by atoms with Crippen molar-refractivity contribution in [3.05, 3.63) is 77.2 Å². The number of para-hydroxylation sites is 1. The number of H-pyrrole nitrogens is 1. The Hall–Kier alpha value is -3.76. The van der Waals surface area contributed by atoms with Crippen molar-refractivity contribution in [2.75, 3.05) is 5.73 Å². The van der Waals surface area contributed by atoms with E-state index in [1.54, 1.807) is 4.68 Å². The van der Waals surface area contributed by atoms with E-state index in [0.29, 0.717) is 11.4 Å². The molecular weight excluding hydrogens is 356 g/mol. The lowest BCUT2D eigenvalue weighted by atomic mass is 10.0. The molecule has 7 heteroatoms. The second kappa shape index (κ2) is 6.86. The molecular formula is C20H14N6S. The Morgan fingerprint density at radius 3 is 2.37 bits per heavy atom. The smallest absolute Gasteiger partial charge is 0.199 e. The van der Waals surface area contributed by atoms with Crippen molar-refractivity contribution >= 4 is 18.0 Å². The second-order valence-corrected chi connectivity index (χ2v) is 6.21. The van der Waals surface area contributed by atoms with Gasteiger partial charge in [0.2, 0.25) is 0 Å².